The molecule has 3 rings (SSSR count). The van der Waals surface area contributed by atoms with Crippen molar-refractivity contribution in [2.24, 2.45) is 0 Å². The molecule has 0 saturated heterocycles. The van der Waals surface area contributed by atoms with Gasteiger partial charge in [-0.15, -0.1) is 0 Å². The molecular formula is C18H16BrClN2O2. The zero-order valence-corrected chi connectivity index (χ0v) is 15.7. The average molecular weight is 408 g/mol. The molecule has 0 atom stereocenters. The minimum absolute atomic E-state index is 0.240. The van der Waals surface area contributed by atoms with Crippen LogP contribution in [0.2, 0.25) is 5.02 Å². The van der Waals surface area contributed by atoms with E-state index in [0.29, 0.717) is 28.4 Å². The lowest BCUT2D eigenvalue weighted by Gasteiger charge is -2.13. The Morgan fingerprint density at radius 2 is 1.96 bits per heavy atom. The fourth-order valence-electron chi connectivity index (χ4n) is 2.74. The lowest BCUT2D eigenvalue weighted by atomic mass is 10.0. The SMILES string of the molecule is Cc1cc(-c2nc3cccc(Cl)c3c(=O)[nH]2)cc(C)c1OCCBr. The van der Waals surface area contributed by atoms with E-state index in [2.05, 4.69) is 25.9 Å². The van der Waals surface area contributed by atoms with Crippen molar-refractivity contribution in [3.05, 3.63) is 56.8 Å². The Hall–Kier alpha value is -1.85. The summed E-state index contributed by atoms with van der Waals surface area (Å²) in [5.41, 5.74) is 3.18. The van der Waals surface area contributed by atoms with E-state index in [4.69, 9.17) is 16.3 Å². The summed E-state index contributed by atoms with van der Waals surface area (Å²) in [6.45, 7) is 4.57. The number of aromatic nitrogens is 2. The predicted molar refractivity (Wildman–Crippen MR) is 102 cm³/mol. The zero-order chi connectivity index (χ0) is 17.3. The third kappa shape index (κ3) is 3.19. The van der Waals surface area contributed by atoms with Gasteiger partial charge in [0.25, 0.3) is 5.56 Å². The monoisotopic (exact) mass is 406 g/mol. The van der Waals surface area contributed by atoms with Crippen molar-refractivity contribution in [3.8, 4) is 17.1 Å². The average Bonchev–Trinajstić information content (AvgIpc) is 2.53. The van der Waals surface area contributed by atoms with Crippen molar-refractivity contribution in [1.29, 1.82) is 0 Å². The number of aryl methyl sites for hydroxylation is 2. The normalized spacial score (nSPS) is 11.0. The maximum atomic E-state index is 12.4. The Labute approximate surface area is 153 Å². The molecule has 1 aromatic heterocycles. The number of hydrogen-bond acceptors (Lipinski definition) is 3. The van der Waals surface area contributed by atoms with Crippen molar-refractivity contribution in [2.45, 2.75) is 13.8 Å². The third-order valence-corrected chi connectivity index (χ3v) is 4.38. The van der Waals surface area contributed by atoms with Crippen molar-refractivity contribution in [2.75, 3.05) is 11.9 Å². The number of rotatable bonds is 4. The molecular weight excluding hydrogens is 392 g/mol. The highest BCUT2D eigenvalue weighted by Gasteiger charge is 2.12. The molecule has 124 valence electrons. The Bertz CT molecular complexity index is 946. The molecule has 0 aliphatic heterocycles. The van der Waals surface area contributed by atoms with E-state index >= 15 is 0 Å². The van der Waals surface area contributed by atoms with Crippen LogP contribution in [-0.4, -0.2) is 21.9 Å². The molecule has 0 amide bonds. The van der Waals surface area contributed by atoms with E-state index in [1.807, 2.05) is 26.0 Å². The van der Waals surface area contributed by atoms with Crippen LogP contribution in [-0.2, 0) is 0 Å². The maximum Gasteiger partial charge on any atom is 0.260 e. The zero-order valence-electron chi connectivity index (χ0n) is 13.3. The van der Waals surface area contributed by atoms with Gasteiger partial charge in [0.05, 0.1) is 22.5 Å². The van der Waals surface area contributed by atoms with Crippen molar-refractivity contribution >= 4 is 38.4 Å². The van der Waals surface area contributed by atoms with E-state index in [-0.39, 0.29) is 5.56 Å². The summed E-state index contributed by atoms with van der Waals surface area (Å²) in [7, 11) is 0. The number of nitrogens with zero attached hydrogens (tertiary/aromatic N) is 1. The van der Waals surface area contributed by atoms with Gasteiger partial charge in [-0.1, -0.05) is 33.6 Å². The van der Waals surface area contributed by atoms with Crippen LogP contribution in [0.25, 0.3) is 22.3 Å². The molecule has 0 radical (unpaired) electrons. The Morgan fingerprint density at radius 3 is 2.62 bits per heavy atom. The highest BCUT2D eigenvalue weighted by molar-refractivity contribution is 9.09. The first-order valence-electron chi connectivity index (χ1n) is 7.50. The van der Waals surface area contributed by atoms with Gasteiger partial charge in [0, 0.05) is 10.9 Å². The molecule has 0 aliphatic carbocycles. The highest BCUT2D eigenvalue weighted by Crippen LogP contribution is 2.29. The smallest absolute Gasteiger partial charge is 0.260 e. The highest BCUT2D eigenvalue weighted by atomic mass is 79.9. The number of fused-ring (bicyclic) bond motifs is 1. The van der Waals surface area contributed by atoms with Crippen LogP contribution in [0.5, 0.6) is 5.75 Å². The van der Waals surface area contributed by atoms with Gasteiger partial charge in [0.1, 0.15) is 11.6 Å². The van der Waals surface area contributed by atoms with Gasteiger partial charge in [0.15, 0.2) is 0 Å². The summed E-state index contributed by atoms with van der Waals surface area (Å²) in [5.74, 6) is 1.39. The van der Waals surface area contributed by atoms with Crippen LogP contribution in [0.1, 0.15) is 11.1 Å². The van der Waals surface area contributed by atoms with Crippen LogP contribution in [0, 0.1) is 13.8 Å². The summed E-state index contributed by atoms with van der Waals surface area (Å²) in [5, 5.41) is 1.58. The minimum Gasteiger partial charge on any atom is -0.492 e. The summed E-state index contributed by atoms with van der Waals surface area (Å²) in [6, 6.07) is 9.18. The maximum absolute atomic E-state index is 12.4. The van der Waals surface area contributed by atoms with Gasteiger partial charge in [-0.25, -0.2) is 4.98 Å². The van der Waals surface area contributed by atoms with Crippen molar-refractivity contribution < 1.29 is 4.74 Å². The van der Waals surface area contributed by atoms with Gasteiger partial charge in [-0.3, -0.25) is 4.79 Å². The molecule has 0 unspecified atom stereocenters. The molecule has 6 heteroatoms. The molecule has 0 bridgehead atoms. The van der Waals surface area contributed by atoms with Gasteiger partial charge in [0.2, 0.25) is 0 Å². The van der Waals surface area contributed by atoms with E-state index in [1.54, 1.807) is 18.2 Å². The summed E-state index contributed by atoms with van der Waals surface area (Å²) in [6.07, 6.45) is 0. The molecule has 1 heterocycles. The van der Waals surface area contributed by atoms with Crippen LogP contribution >= 0.6 is 27.5 Å². The molecule has 0 fully saturated rings. The Morgan fingerprint density at radius 1 is 1.25 bits per heavy atom. The topological polar surface area (TPSA) is 55.0 Å². The van der Waals surface area contributed by atoms with Crippen LogP contribution in [0.15, 0.2) is 35.1 Å². The molecule has 4 nitrogen and oxygen atoms in total. The largest absolute Gasteiger partial charge is 0.492 e. The number of hydrogen-bond donors (Lipinski definition) is 1. The van der Waals surface area contributed by atoms with Crippen LogP contribution < -0.4 is 10.3 Å². The number of ether oxygens (including phenoxy) is 1. The van der Waals surface area contributed by atoms with E-state index < -0.39 is 0 Å². The van der Waals surface area contributed by atoms with E-state index in [9.17, 15) is 4.79 Å². The van der Waals surface area contributed by atoms with Gasteiger partial charge >= 0.3 is 0 Å². The first-order valence-corrected chi connectivity index (χ1v) is 9.00. The number of aromatic amines is 1. The summed E-state index contributed by atoms with van der Waals surface area (Å²) >= 11 is 9.46. The molecule has 2 aromatic carbocycles. The summed E-state index contributed by atoms with van der Waals surface area (Å²) in [4.78, 5) is 19.7. The second-order valence-electron chi connectivity index (χ2n) is 5.53. The predicted octanol–water partition coefficient (Wildman–Crippen LogP) is 4.63. The van der Waals surface area contributed by atoms with Gasteiger partial charge in [-0.05, 0) is 49.2 Å². The first-order chi connectivity index (χ1) is 11.5. The third-order valence-electron chi connectivity index (χ3n) is 3.74. The van der Waals surface area contributed by atoms with Crippen LogP contribution in [0.3, 0.4) is 0 Å². The molecule has 24 heavy (non-hydrogen) atoms. The quantitative estimate of drug-likeness (QED) is 0.641. The lowest BCUT2D eigenvalue weighted by molar-refractivity contribution is 0.340. The second kappa shape index (κ2) is 6.95. The number of nitrogens with one attached hydrogen (secondary N) is 1. The Kier molecular flexibility index (Phi) is 4.92. The number of halogens is 2. The van der Waals surface area contributed by atoms with Gasteiger partial charge < -0.3 is 9.72 Å². The fourth-order valence-corrected chi connectivity index (χ4v) is 3.16. The molecule has 0 aliphatic rings. The minimum atomic E-state index is -0.240. The molecule has 1 N–H and O–H groups in total. The summed E-state index contributed by atoms with van der Waals surface area (Å²) < 4.78 is 5.76. The lowest BCUT2D eigenvalue weighted by Crippen LogP contribution is -2.10. The first kappa shape index (κ1) is 17.0. The number of benzene rings is 2. The van der Waals surface area contributed by atoms with Gasteiger partial charge in [-0.2, -0.15) is 0 Å². The molecule has 0 spiro atoms. The van der Waals surface area contributed by atoms with E-state index in [0.717, 1.165) is 27.8 Å². The molecule has 3 aromatic rings. The van der Waals surface area contributed by atoms with Crippen molar-refractivity contribution in [1.82, 2.24) is 9.97 Å². The van der Waals surface area contributed by atoms with E-state index in [1.165, 1.54) is 0 Å². The van der Waals surface area contributed by atoms with Crippen molar-refractivity contribution in [3.63, 3.8) is 0 Å². The number of alkyl halides is 1. The standard InChI is InChI=1S/C18H16BrClN2O2/c1-10-8-12(9-11(2)16(10)24-7-6-19)17-21-14-5-3-4-13(20)15(14)18(23)22-17/h3-5,8-9H,6-7H2,1-2H3,(H,21,22,23). The van der Waals surface area contributed by atoms with Crippen LogP contribution in [0.4, 0.5) is 0 Å². The number of H-pyrrole nitrogens is 1. The fraction of sp³-hybridized carbons (Fsp3) is 0.222. The second-order valence-corrected chi connectivity index (χ2v) is 6.73. The molecule has 0 saturated carbocycles. The Balaban J connectivity index is 2.13.